The number of carbonyl (C=O) groups excluding carboxylic acids is 1. The summed E-state index contributed by atoms with van der Waals surface area (Å²) in [5, 5.41) is 0. The van der Waals surface area contributed by atoms with Crippen LogP contribution in [-0.4, -0.2) is 32.2 Å². The zero-order chi connectivity index (χ0) is 17.0. The molecular formula is C16H17BrN2O3S. The quantitative estimate of drug-likeness (QED) is 0.830. The summed E-state index contributed by atoms with van der Waals surface area (Å²) in [4.78, 5) is 11.3. The zero-order valence-corrected chi connectivity index (χ0v) is 15.0. The Morgan fingerprint density at radius 1 is 1.30 bits per heavy atom. The van der Waals surface area contributed by atoms with Gasteiger partial charge in [-0.15, -0.1) is 0 Å². The summed E-state index contributed by atoms with van der Waals surface area (Å²) in [6.07, 6.45) is 10.3. The highest BCUT2D eigenvalue weighted by molar-refractivity contribution is 9.10. The fourth-order valence-corrected chi connectivity index (χ4v) is 4.25. The second-order valence-electron chi connectivity index (χ2n) is 5.11. The number of sulfonamides is 1. The minimum absolute atomic E-state index is 0.0246. The molecule has 23 heavy (non-hydrogen) atoms. The van der Waals surface area contributed by atoms with E-state index in [1.54, 1.807) is 0 Å². The largest absolute Gasteiger partial charge is 0.366 e. The summed E-state index contributed by atoms with van der Waals surface area (Å²) >= 11 is 3.23. The van der Waals surface area contributed by atoms with Crippen molar-refractivity contribution in [2.75, 3.05) is 13.6 Å². The molecule has 1 aliphatic rings. The van der Waals surface area contributed by atoms with Crippen molar-refractivity contribution in [3.05, 3.63) is 64.2 Å². The van der Waals surface area contributed by atoms with Gasteiger partial charge in [-0.3, -0.25) is 4.79 Å². The van der Waals surface area contributed by atoms with E-state index in [4.69, 9.17) is 5.73 Å². The van der Waals surface area contributed by atoms with Crippen molar-refractivity contribution < 1.29 is 13.2 Å². The summed E-state index contributed by atoms with van der Waals surface area (Å²) in [6, 6.07) is 4.28. The predicted molar refractivity (Wildman–Crippen MR) is 93.5 cm³/mol. The van der Waals surface area contributed by atoms with Crippen LogP contribution >= 0.6 is 15.9 Å². The highest BCUT2D eigenvalue weighted by atomic mass is 79.9. The Labute approximate surface area is 144 Å². The number of amides is 1. The Hall–Kier alpha value is -1.70. The summed E-state index contributed by atoms with van der Waals surface area (Å²) in [5.74, 6) is -0.668. The topological polar surface area (TPSA) is 80.5 Å². The normalized spacial score (nSPS) is 14.7. The van der Waals surface area contributed by atoms with Crippen molar-refractivity contribution >= 4 is 31.9 Å². The van der Waals surface area contributed by atoms with Crippen LogP contribution in [0.2, 0.25) is 0 Å². The molecule has 1 amide bonds. The number of hydrogen-bond donors (Lipinski definition) is 1. The lowest BCUT2D eigenvalue weighted by molar-refractivity contribution is 0.1000. The highest BCUT2D eigenvalue weighted by Gasteiger charge is 2.25. The lowest BCUT2D eigenvalue weighted by Gasteiger charge is -2.19. The Balaban J connectivity index is 2.32. The van der Waals surface area contributed by atoms with Crippen LogP contribution in [0.5, 0.6) is 0 Å². The fraction of sp³-hybridized carbons (Fsp3) is 0.188. The Kier molecular flexibility index (Phi) is 5.56. The molecule has 2 N–H and O–H groups in total. The molecule has 2 rings (SSSR count). The molecule has 0 heterocycles. The van der Waals surface area contributed by atoms with Gasteiger partial charge in [0.15, 0.2) is 0 Å². The number of nitrogens with two attached hydrogens (primary N) is 1. The van der Waals surface area contributed by atoms with Crippen LogP contribution in [0, 0.1) is 0 Å². The first-order valence-corrected chi connectivity index (χ1v) is 9.12. The van der Waals surface area contributed by atoms with Crippen LogP contribution in [0.25, 0.3) is 0 Å². The number of likely N-dealkylation sites (N-methyl/N-ethyl adjacent to an activating group) is 1. The van der Waals surface area contributed by atoms with Crippen LogP contribution < -0.4 is 5.73 Å². The van der Waals surface area contributed by atoms with Gasteiger partial charge in [0.05, 0.1) is 4.90 Å². The van der Waals surface area contributed by atoms with E-state index >= 15 is 0 Å². The van der Waals surface area contributed by atoms with E-state index in [1.807, 2.05) is 30.4 Å². The number of benzene rings is 1. The summed E-state index contributed by atoms with van der Waals surface area (Å²) < 4.78 is 27.2. The van der Waals surface area contributed by atoms with E-state index in [2.05, 4.69) is 15.9 Å². The van der Waals surface area contributed by atoms with E-state index in [1.165, 1.54) is 29.6 Å². The molecule has 0 aliphatic heterocycles. The summed E-state index contributed by atoms with van der Waals surface area (Å²) in [6.45, 7) is 0.268. The van der Waals surface area contributed by atoms with Gasteiger partial charge < -0.3 is 5.73 Å². The molecule has 5 nitrogen and oxygen atoms in total. The average Bonchev–Trinajstić information content (AvgIpc) is 2.75. The SMILES string of the molecule is CN(CC1=CC=CC=CC1)S(=O)(=O)c1cc(C(N)=O)ccc1Br. The molecule has 0 bridgehead atoms. The first-order valence-electron chi connectivity index (χ1n) is 6.89. The molecule has 0 saturated heterocycles. The number of halogens is 1. The standard InChI is InChI=1S/C16H17BrN2O3S/c1-19(11-12-6-4-2-3-5-7-12)23(21,22)15-10-13(16(18)20)8-9-14(15)17/h2-6,8-10H,7,11H2,1H3,(H2,18,20). The summed E-state index contributed by atoms with van der Waals surface area (Å²) in [7, 11) is -2.24. The van der Waals surface area contributed by atoms with E-state index in [-0.39, 0.29) is 17.0 Å². The van der Waals surface area contributed by atoms with Crippen LogP contribution in [0.1, 0.15) is 16.8 Å². The molecule has 0 saturated carbocycles. The maximum atomic E-state index is 12.8. The smallest absolute Gasteiger partial charge is 0.248 e. The van der Waals surface area contributed by atoms with Crippen molar-refractivity contribution in [1.82, 2.24) is 4.31 Å². The number of carbonyl (C=O) groups is 1. The highest BCUT2D eigenvalue weighted by Crippen LogP contribution is 2.26. The fourth-order valence-electron chi connectivity index (χ4n) is 2.13. The van der Waals surface area contributed by atoms with E-state index < -0.39 is 15.9 Å². The van der Waals surface area contributed by atoms with Gasteiger partial charge in [-0.05, 0) is 40.5 Å². The molecule has 1 aliphatic carbocycles. The van der Waals surface area contributed by atoms with Crippen LogP contribution in [0.15, 0.2) is 63.5 Å². The molecule has 0 radical (unpaired) electrons. The first-order chi connectivity index (χ1) is 10.8. The Bertz CT molecular complexity index is 811. The van der Waals surface area contributed by atoms with Gasteiger partial charge in [0.2, 0.25) is 15.9 Å². The number of primary amides is 1. The molecule has 1 aromatic carbocycles. The van der Waals surface area contributed by atoms with Crippen molar-refractivity contribution in [1.29, 1.82) is 0 Å². The third-order valence-electron chi connectivity index (χ3n) is 3.40. The molecule has 122 valence electrons. The number of hydrogen-bond acceptors (Lipinski definition) is 3. The van der Waals surface area contributed by atoms with Gasteiger partial charge in [-0.25, -0.2) is 8.42 Å². The second-order valence-corrected chi connectivity index (χ2v) is 7.98. The van der Waals surface area contributed by atoms with Gasteiger partial charge in [0.1, 0.15) is 0 Å². The predicted octanol–water partition coefficient (Wildman–Crippen LogP) is 2.61. The van der Waals surface area contributed by atoms with Gasteiger partial charge in [-0.1, -0.05) is 36.0 Å². The molecule has 0 atom stereocenters. The molecule has 0 unspecified atom stereocenters. The van der Waals surface area contributed by atoms with Crippen LogP contribution in [0.3, 0.4) is 0 Å². The maximum absolute atomic E-state index is 12.8. The Morgan fingerprint density at radius 2 is 2.04 bits per heavy atom. The monoisotopic (exact) mass is 396 g/mol. The molecule has 0 aromatic heterocycles. The Morgan fingerprint density at radius 3 is 2.74 bits per heavy atom. The zero-order valence-electron chi connectivity index (χ0n) is 12.6. The molecule has 7 heteroatoms. The van der Waals surface area contributed by atoms with Crippen molar-refractivity contribution in [3.8, 4) is 0 Å². The van der Waals surface area contributed by atoms with E-state index in [0.717, 1.165) is 5.57 Å². The third-order valence-corrected chi connectivity index (χ3v) is 6.20. The lowest BCUT2D eigenvalue weighted by Crippen LogP contribution is -2.29. The van der Waals surface area contributed by atoms with Gasteiger partial charge in [-0.2, -0.15) is 4.31 Å². The number of rotatable bonds is 5. The molecule has 0 spiro atoms. The summed E-state index contributed by atoms with van der Waals surface area (Å²) in [5.41, 5.74) is 6.36. The van der Waals surface area contributed by atoms with Crippen molar-refractivity contribution in [2.24, 2.45) is 5.73 Å². The minimum atomic E-state index is -3.75. The molecule has 1 aromatic rings. The van der Waals surface area contributed by atoms with Crippen LogP contribution in [0.4, 0.5) is 0 Å². The lowest BCUT2D eigenvalue weighted by atomic mass is 10.2. The van der Waals surface area contributed by atoms with Gasteiger partial charge in [0, 0.05) is 23.6 Å². The first kappa shape index (κ1) is 17.7. The van der Waals surface area contributed by atoms with Gasteiger partial charge >= 0.3 is 0 Å². The second kappa shape index (κ2) is 7.25. The van der Waals surface area contributed by atoms with Gasteiger partial charge in [0.25, 0.3) is 0 Å². The molecular weight excluding hydrogens is 380 g/mol. The molecule has 0 fully saturated rings. The average molecular weight is 397 g/mol. The van der Waals surface area contributed by atoms with E-state index in [0.29, 0.717) is 10.9 Å². The number of nitrogens with zero attached hydrogens (tertiary/aromatic N) is 1. The third kappa shape index (κ3) is 4.19. The minimum Gasteiger partial charge on any atom is -0.366 e. The maximum Gasteiger partial charge on any atom is 0.248 e. The van der Waals surface area contributed by atoms with Crippen molar-refractivity contribution in [2.45, 2.75) is 11.3 Å². The van der Waals surface area contributed by atoms with Crippen molar-refractivity contribution in [3.63, 3.8) is 0 Å². The number of allylic oxidation sites excluding steroid dienone is 5. The van der Waals surface area contributed by atoms with Crippen LogP contribution in [-0.2, 0) is 10.0 Å². The van der Waals surface area contributed by atoms with E-state index in [9.17, 15) is 13.2 Å².